The normalized spacial score (nSPS) is 13.7. The number of anilines is 3. The standard InChI is InChI=1S/C24H30N4O3/c1-3-13-28(22-7-5-4-6-8-22)24(30)19-26(2)18-23(29)25-20-9-11-21(12-10-20)27-14-16-31-17-15-27/h3-12H,1,13-19H2,2H3,(H,25,29). The Morgan fingerprint density at radius 1 is 1.06 bits per heavy atom. The van der Waals surface area contributed by atoms with Crippen LogP contribution in [0.15, 0.2) is 67.3 Å². The predicted octanol–water partition coefficient (Wildman–Crippen LogP) is 2.61. The minimum Gasteiger partial charge on any atom is -0.378 e. The van der Waals surface area contributed by atoms with E-state index in [2.05, 4.69) is 16.8 Å². The highest BCUT2D eigenvalue weighted by Crippen LogP contribution is 2.19. The average molecular weight is 423 g/mol. The Labute approximate surface area is 183 Å². The maximum absolute atomic E-state index is 12.8. The van der Waals surface area contributed by atoms with Crippen molar-refractivity contribution in [2.24, 2.45) is 0 Å². The van der Waals surface area contributed by atoms with E-state index in [9.17, 15) is 9.59 Å². The first-order valence-corrected chi connectivity index (χ1v) is 10.4. The van der Waals surface area contributed by atoms with Gasteiger partial charge in [0.1, 0.15) is 0 Å². The first-order chi connectivity index (χ1) is 15.1. The Balaban J connectivity index is 1.50. The van der Waals surface area contributed by atoms with Crippen LogP contribution in [0.5, 0.6) is 0 Å². The molecule has 0 aromatic heterocycles. The Morgan fingerprint density at radius 3 is 2.39 bits per heavy atom. The maximum atomic E-state index is 12.8. The van der Waals surface area contributed by atoms with Crippen LogP contribution in [-0.2, 0) is 14.3 Å². The van der Waals surface area contributed by atoms with E-state index in [1.54, 1.807) is 22.9 Å². The molecule has 2 aromatic rings. The van der Waals surface area contributed by atoms with Gasteiger partial charge in [-0.05, 0) is 43.4 Å². The number of morpholine rings is 1. The van der Waals surface area contributed by atoms with E-state index < -0.39 is 0 Å². The van der Waals surface area contributed by atoms with Gasteiger partial charge in [0.15, 0.2) is 0 Å². The van der Waals surface area contributed by atoms with Crippen molar-refractivity contribution >= 4 is 28.9 Å². The number of rotatable bonds is 9. The number of hydrogen-bond acceptors (Lipinski definition) is 5. The van der Waals surface area contributed by atoms with E-state index >= 15 is 0 Å². The zero-order chi connectivity index (χ0) is 22.1. The number of likely N-dealkylation sites (N-methyl/N-ethyl adjacent to an activating group) is 1. The Morgan fingerprint density at radius 2 is 1.74 bits per heavy atom. The monoisotopic (exact) mass is 422 g/mol. The third kappa shape index (κ3) is 6.67. The van der Waals surface area contributed by atoms with E-state index in [-0.39, 0.29) is 24.9 Å². The molecular formula is C24H30N4O3. The summed E-state index contributed by atoms with van der Waals surface area (Å²) in [7, 11) is 1.76. The summed E-state index contributed by atoms with van der Waals surface area (Å²) in [5, 5.41) is 2.90. The average Bonchev–Trinajstić information content (AvgIpc) is 2.79. The lowest BCUT2D eigenvalue weighted by molar-refractivity contribution is -0.120. The highest BCUT2D eigenvalue weighted by atomic mass is 16.5. The molecule has 31 heavy (non-hydrogen) atoms. The third-order valence-corrected chi connectivity index (χ3v) is 5.03. The lowest BCUT2D eigenvalue weighted by Crippen LogP contribution is -2.41. The summed E-state index contributed by atoms with van der Waals surface area (Å²) in [6.45, 7) is 7.61. The quantitative estimate of drug-likeness (QED) is 0.630. The summed E-state index contributed by atoms with van der Waals surface area (Å²) in [5.41, 5.74) is 2.66. The molecule has 0 saturated carbocycles. The second kappa shape index (κ2) is 11.3. The first kappa shape index (κ1) is 22.5. The lowest BCUT2D eigenvalue weighted by Gasteiger charge is -2.29. The Kier molecular flexibility index (Phi) is 8.20. The largest absolute Gasteiger partial charge is 0.378 e. The second-order valence-electron chi connectivity index (χ2n) is 7.50. The van der Waals surface area contributed by atoms with Crippen LogP contribution in [0.1, 0.15) is 0 Å². The number of carbonyl (C=O) groups excluding carboxylic acids is 2. The molecule has 0 unspecified atom stereocenters. The topological polar surface area (TPSA) is 65.1 Å². The number of nitrogens with zero attached hydrogens (tertiary/aromatic N) is 3. The van der Waals surface area contributed by atoms with Crippen LogP contribution in [0.4, 0.5) is 17.1 Å². The molecule has 0 aliphatic carbocycles. The predicted molar refractivity (Wildman–Crippen MR) is 125 cm³/mol. The van der Waals surface area contributed by atoms with Gasteiger partial charge < -0.3 is 19.9 Å². The highest BCUT2D eigenvalue weighted by Gasteiger charge is 2.18. The minimum absolute atomic E-state index is 0.0868. The third-order valence-electron chi connectivity index (χ3n) is 5.03. The van der Waals surface area contributed by atoms with Crippen molar-refractivity contribution < 1.29 is 14.3 Å². The smallest absolute Gasteiger partial charge is 0.241 e. The molecule has 1 saturated heterocycles. The van der Waals surface area contributed by atoms with Gasteiger partial charge in [-0.3, -0.25) is 14.5 Å². The Bertz CT molecular complexity index is 864. The van der Waals surface area contributed by atoms with Crippen LogP contribution in [0.2, 0.25) is 0 Å². The van der Waals surface area contributed by atoms with Crippen molar-refractivity contribution in [1.82, 2.24) is 4.90 Å². The number of benzene rings is 2. The molecule has 2 amide bonds. The van der Waals surface area contributed by atoms with Crippen LogP contribution in [-0.4, -0.2) is 69.7 Å². The van der Waals surface area contributed by atoms with E-state index in [4.69, 9.17) is 4.74 Å². The molecule has 1 fully saturated rings. The van der Waals surface area contributed by atoms with Crippen LogP contribution < -0.4 is 15.1 Å². The van der Waals surface area contributed by atoms with E-state index in [0.717, 1.165) is 43.4 Å². The van der Waals surface area contributed by atoms with Crippen LogP contribution in [0.25, 0.3) is 0 Å². The van der Waals surface area contributed by atoms with Crippen molar-refractivity contribution in [1.29, 1.82) is 0 Å². The molecule has 7 nitrogen and oxygen atoms in total. The zero-order valence-electron chi connectivity index (χ0n) is 18.0. The van der Waals surface area contributed by atoms with Crippen molar-refractivity contribution in [2.75, 3.05) is 68.1 Å². The Hall–Kier alpha value is -3.16. The molecule has 1 heterocycles. The summed E-state index contributed by atoms with van der Waals surface area (Å²) < 4.78 is 5.38. The molecular weight excluding hydrogens is 392 g/mol. The van der Waals surface area contributed by atoms with Gasteiger partial charge in [-0.2, -0.15) is 0 Å². The molecule has 3 rings (SSSR count). The number of ether oxygens (including phenoxy) is 1. The molecule has 0 bridgehead atoms. The number of carbonyl (C=O) groups is 2. The molecule has 1 aliphatic rings. The van der Waals surface area contributed by atoms with Crippen LogP contribution in [0, 0.1) is 0 Å². The highest BCUT2D eigenvalue weighted by molar-refractivity contribution is 5.96. The van der Waals surface area contributed by atoms with E-state index in [0.29, 0.717) is 6.54 Å². The zero-order valence-corrected chi connectivity index (χ0v) is 18.0. The number of amides is 2. The molecule has 0 radical (unpaired) electrons. The van der Waals surface area contributed by atoms with Gasteiger partial charge in [-0.25, -0.2) is 0 Å². The SMILES string of the molecule is C=CCN(C(=O)CN(C)CC(=O)Nc1ccc(N2CCOCC2)cc1)c1ccccc1. The van der Waals surface area contributed by atoms with Gasteiger partial charge in [0, 0.05) is 36.7 Å². The van der Waals surface area contributed by atoms with Crippen LogP contribution in [0.3, 0.4) is 0 Å². The number of nitrogens with one attached hydrogen (secondary N) is 1. The van der Waals surface area contributed by atoms with Gasteiger partial charge in [0.25, 0.3) is 0 Å². The maximum Gasteiger partial charge on any atom is 0.241 e. The van der Waals surface area contributed by atoms with Gasteiger partial charge in [-0.1, -0.05) is 24.3 Å². The van der Waals surface area contributed by atoms with Crippen LogP contribution >= 0.6 is 0 Å². The fraction of sp³-hybridized carbons (Fsp3) is 0.333. The summed E-state index contributed by atoms with van der Waals surface area (Å²) in [6, 6.07) is 17.3. The molecule has 0 atom stereocenters. The molecule has 0 spiro atoms. The van der Waals surface area contributed by atoms with Crippen molar-refractivity contribution in [3.63, 3.8) is 0 Å². The van der Waals surface area contributed by atoms with Crippen molar-refractivity contribution in [2.45, 2.75) is 0 Å². The summed E-state index contributed by atoms with van der Waals surface area (Å²) >= 11 is 0. The van der Waals surface area contributed by atoms with Gasteiger partial charge in [0.05, 0.1) is 26.3 Å². The van der Waals surface area contributed by atoms with Crippen molar-refractivity contribution in [3.05, 3.63) is 67.3 Å². The summed E-state index contributed by atoms with van der Waals surface area (Å²) in [4.78, 5) is 30.8. The first-order valence-electron chi connectivity index (χ1n) is 10.4. The molecule has 164 valence electrons. The van der Waals surface area contributed by atoms with E-state index in [1.165, 1.54) is 0 Å². The molecule has 1 N–H and O–H groups in total. The second-order valence-corrected chi connectivity index (χ2v) is 7.50. The lowest BCUT2D eigenvalue weighted by atomic mass is 10.2. The van der Waals surface area contributed by atoms with Gasteiger partial charge in [-0.15, -0.1) is 6.58 Å². The number of para-hydroxylation sites is 1. The molecule has 2 aromatic carbocycles. The summed E-state index contributed by atoms with van der Waals surface area (Å²) in [5.74, 6) is -0.249. The van der Waals surface area contributed by atoms with E-state index in [1.807, 2.05) is 54.6 Å². The fourth-order valence-electron chi connectivity index (χ4n) is 3.48. The molecule has 7 heteroatoms. The van der Waals surface area contributed by atoms with Crippen molar-refractivity contribution in [3.8, 4) is 0 Å². The minimum atomic E-state index is -0.163. The van der Waals surface area contributed by atoms with Gasteiger partial charge in [0.2, 0.25) is 11.8 Å². The molecule has 1 aliphatic heterocycles. The number of hydrogen-bond donors (Lipinski definition) is 1. The fourth-order valence-corrected chi connectivity index (χ4v) is 3.48. The van der Waals surface area contributed by atoms with Gasteiger partial charge >= 0.3 is 0 Å². The summed E-state index contributed by atoms with van der Waals surface area (Å²) in [6.07, 6.45) is 1.69.